The summed E-state index contributed by atoms with van der Waals surface area (Å²) in [6.45, 7) is 2.55. The Hall–Kier alpha value is -1.81. The van der Waals surface area contributed by atoms with Gasteiger partial charge in [-0.25, -0.2) is 0 Å². The van der Waals surface area contributed by atoms with Gasteiger partial charge in [0.2, 0.25) is 5.91 Å². The van der Waals surface area contributed by atoms with Crippen LogP contribution in [0.5, 0.6) is 0 Å². The normalized spacial score (nSPS) is 18.2. The lowest BCUT2D eigenvalue weighted by molar-refractivity contribution is -0.125. The predicted octanol–water partition coefficient (Wildman–Crippen LogP) is 3.13. The van der Waals surface area contributed by atoms with Crippen LogP contribution in [0.25, 0.3) is 11.0 Å². The number of hydrogen-bond donors (Lipinski definition) is 2. The number of carbonyl (C=O) groups is 1. The van der Waals surface area contributed by atoms with Crippen molar-refractivity contribution in [3.8, 4) is 0 Å². The molecular weight excluding hydrogens is 264 g/mol. The third-order valence-corrected chi connectivity index (χ3v) is 4.63. The van der Waals surface area contributed by atoms with E-state index in [1.807, 2.05) is 37.3 Å². The number of para-hydroxylation sites is 1. The molecule has 1 saturated carbocycles. The molecule has 21 heavy (non-hydrogen) atoms. The lowest BCUT2D eigenvalue weighted by atomic mass is 9.66. The first-order chi connectivity index (χ1) is 10.1. The quantitative estimate of drug-likeness (QED) is 0.887. The lowest BCUT2D eigenvalue weighted by Crippen LogP contribution is -2.42. The fraction of sp³-hybridized carbons (Fsp3) is 0.471. The van der Waals surface area contributed by atoms with Crippen LogP contribution in [0.2, 0.25) is 0 Å². The van der Waals surface area contributed by atoms with Crippen LogP contribution in [0.15, 0.2) is 34.7 Å². The van der Waals surface area contributed by atoms with Crippen molar-refractivity contribution in [3.05, 3.63) is 36.1 Å². The Bertz CT molecular complexity index is 605. The van der Waals surface area contributed by atoms with Crippen LogP contribution >= 0.6 is 0 Å². The first kappa shape index (κ1) is 14.1. The van der Waals surface area contributed by atoms with Crippen LogP contribution in [0.1, 0.15) is 44.4 Å². The molecule has 0 radical (unpaired) electrons. The van der Waals surface area contributed by atoms with Gasteiger partial charge in [0, 0.05) is 11.8 Å². The molecule has 1 unspecified atom stereocenters. The number of rotatable bonds is 5. The van der Waals surface area contributed by atoms with Crippen LogP contribution in [-0.2, 0) is 4.79 Å². The summed E-state index contributed by atoms with van der Waals surface area (Å²) >= 11 is 0. The van der Waals surface area contributed by atoms with Crippen LogP contribution < -0.4 is 11.1 Å². The van der Waals surface area contributed by atoms with Crippen molar-refractivity contribution in [1.82, 2.24) is 5.32 Å². The lowest BCUT2D eigenvalue weighted by Gasteiger charge is -2.40. The molecule has 1 aromatic heterocycles. The van der Waals surface area contributed by atoms with Gasteiger partial charge in [0.05, 0.1) is 6.04 Å². The van der Waals surface area contributed by atoms with Crippen LogP contribution in [0.4, 0.5) is 0 Å². The third kappa shape index (κ3) is 2.81. The van der Waals surface area contributed by atoms with E-state index in [9.17, 15) is 4.79 Å². The molecule has 1 fully saturated rings. The van der Waals surface area contributed by atoms with E-state index in [2.05, 4.69) is 5.32 Å². The Morgan fingerprint density at radius 2 is 2.19 bits per heavy atom. The van der Waals surface area contributed by atoms with E-state index >= 15 is 0 Å². The van der Waals surface area contributed by atoms with E-state index in [4.69, 9.17) is 10.2 Å². The number of furan rings is 1. The number of amides is 1. The van der Waals surface area contributed by atoms with Gasteiger partial charge in [0.15, 0.2) is 0 Å². The molecule has 0 aliphatic heterocycles. The molecular formula is C17H22N2O2. The van der Waals surface area contributed by atoms with E-state index < -0.39 is 0 Å². The molecule has 0 saturated heterocycles. The van der Waals surface area contributed by atoms with E-state index in [0.717, 1.165) is 29.6 Å². The number of nitrogens with one attached hydrogen (secondary N) is 1. The van der Waals surface area contributed by atoms with Crippen molar-refractivity contribution in [3.63, 3.8) is 0 Å². The average molecular weight is 286 g/mol. The van der Waals surface area contributed by atoms with E-state index in [1.54, 1.807) is 0 Å². The topological polar surface area (TPSA) is 68.3 Å². The summed E-state index contributed by atoms with van der Waals surface area (Å²) in [5, 5.41) is 4.09. The number of carbonyl (C=O) groups excluding carboxylic acids is 1. The summed E-state index contributed by atoms with van der Waals surface area (Å²) in [5.74, 6) is 0.855. The molecule has 1 aliphatic carbocycles. The highest BCUT2D eigenvalue weighted by Crippen LogP contribution is 2.42. The fourth-order valence-electron chi connectivity index (χ4n) is 3.05. The molecule has 1 aromatic carbocycles. The first-order valence-electron chi connectivity index (χ1n) is 7.60. The van der Waals surface area contributed by atoms with E-state index in [-0.39, 0.29) is 17.4 Å². The zero-order chi connectivity index (χ0) is 14.9. The van der Waals surface area contributed by atoms with Crippen LogP contribution in [0, 0.1) is 5.41 Å². The molecule has 1 aliphatic rings. The van der Waals surface area contributed by atoms with Gasteiger partial charge in [0.25, 0.3) is 0 Å². The summed E-state index contributed by atoms with van der Waals surface area (Å²) in [6, 6.07) is 9.73. The zero-order valence-electron chi connectivity index (χ0n) is 12.4. The first-order valence-corrected chi connectivity index (χ1v) is 7.60. The molecule has 1 amide bonds. The van der Waals surface area contributed by atoms with Crippen molar-refractivity contribution in [2.24, 2.45) is 11.1 Å². The minimum absolute atomic E-state index is 0.0394. The van der Waals surface area contributed by atoms with Crippen LogP contribution in [-0.4, -0.2) is 12.5 Å². The minimum Gasteiger partial charge on any atom is -0.459 e. The largest absolute Gasteiger partial charge is 0.459 e. The highest BCUT2D eigenvalue weighted by atomic mass is 16.3. The Labute approximate surface area is 124 Å². The Morgan fingerprint density at radius 1 is 1.43 bits per heavy atom. The van der Waals surface area contributed by atoms with Gasteiger partial charge in [0.1, 0.15) is 11.3 Å². The smallest absolute Gasteiger partial charge is 0.221 e. The summed E-state index contributed by atoms with van der Waals surface area (Å²) < 4.78 is 5.79. The molecule has 3 N–H and O–H groups in total. The monoisotopic (exact) mass is 286 g/mol. The molecule has 1 atom stereocenters. The fourth-order valence-corrected chi connectivity index (χ4v) is 3.05. The van der Waals surface area contributed by atoms with Gasteiger partial charge >= 0.3 is 0 Å². The summed E-state index contributed by atoms with van der Waals surface area (Å²) in [5.41, 5.74) is 6.70. The van der Waals surface area contributed by atoms with Gasteiger partial charge in [-0.2, -0.15) is 0 Å². The average Bonchev–Trinajstić information content (AvgIpc) is 2.87. The highest BCUT2D eigenvalue weighted by Gasteiger charge is 2.37. The highest BCUT2D eigenvalue weighted by molar-refractivity contribution is 5.79. The second-order valence-corrected chi connectivity index (χ2v) is 6.21. The maximum absolute atomic E-state index is 12.2. The molecule has 2 aromatic rings. The second kappa shape index (κ2) is 5.53. The second-order valence-electron chi connectivity index (χ2n) is 6.21. The maximum atomic E-state index is 12.2. The third-order valence-electron chi connectivity index (χ3n) is 4.63. The number of fused-ring (bicyclic) bond motifs is 1. The van der Waals surface area contributed by atoms with Crippen LogP contribution in [0.3, 0.4) is 0 Å². The number of hydrogen-bond acceptors (Lipinski definition) is 3. The number of nitrogens with two attached hydrogens (primary N) is 1. The molecule has 112 valence electrons. The van der Waals surface area contributed by atoms with E-state index in [0.29, 0.717) is 13.0 Å². The van der Waals surface area contributed by atoms with E-state index in [1.165, 1.54) is 6.42 Å². The van der Waals surface area contributed by atoms with Gasteiger partial charge in [-0.05, 0) is 43.9 Å². The van der Waals surface area contributed by atoms with Crippen molar-refractivity contribution in [2.75, 3.05) is 6.54 Å². The standard InChI is InChI=1S/C17H22N2O2/c1-12(15-9-13-5-2-3-6-14(13)21-15)19-16(20)10-17(11-18)7-4-8-17/h2-3,5-6,9,12H,4,7-8,10-11,18H2,1H3,(H,19,20). The van der Waals surface area contributed by atoms with Crippen molar-refractivity contribution in [1.29, 1.82) is 0 Å². The summed E-state index contributed by atoms with van der Waals surface area (Å²) in [7, 11) is 0. The van der Waals surface area contributed by atoms with Crippen molar-refractivity contribution in [2.45, 2.75) is 38.6 Å². The molecule has 1 heterocycles. The molecule has 0 spiro atoms. The molecule has 4 heteroatoms. The molecule has 0 bridgehead atoms. The zero-order valence-corrected chi connectivity index (χ0v) is 12.4. The van der Waals surface area contributed by atoms with Gasteiger partial charge in [-0.15, -0.1) is 0 Å². The maximum Gasteiger partial charge on any atom is 0.221 e. The number of benzene rings is 1. The summed E-state index contributed by atoms with van der Waals surface area (Å²) in [6.07, 6.45) is 3.84. The molecule has 3 rings (SSSR count). The van der Waals surface area contributed by atoms with Crippen molar-refractivity contribution >= 4 is 16.9 Å². The summed E-state index contributed by atoms with van der Waals surface area (Å²) in [4.78, 5) is 12.2. The van der Waals surface area contributed by atoms with Crippen molar-refractivity contribution < 1.29 is 9.21 Å². The van der Waals surface area contributed by atoms with Gasteiger partial charge in [-0.3, -0.25) is 4.79 Å². The van der Waals surface area contributed by atoms with Gasteiger partial charge < -0.3 is 15.5 Å². The Kier molecular flexibility index (Phi) is 3.72. The molecule has 4 nitrogen and oxygen atoms in total. The minimum atomic E-state index is -0.125. The SMILES string of the molecule is CC(NC(=O)CC1(CN)CCC1)c1cc2ccccc2o1. The Morgan fingerprint density at radius 3 is 2.81 bits per heavy atom. The van der Waals surface area contributed by atoms with Gasteiger partial charge in [-0.1, -0.05) is 24.6 Å². The predicted molar refractivity (Wildman–Crippen MR) is 82.7 cm³/mol. The Balaban J connectivity index is 1.65.